The zero-order valence-electron chi connectivity index (χ0n) is 17.2. The van der Waals surface area contributed by atoms with Crippen molar-refractivity contribution in [2.45, 2.75) is 37.5 Å². The van der Waals surface area contributed by atoms with Gasteiger partial charge in [0.25, 0.3) is 0 Å². The number of piperazine rings is 1. The molecule has 0 spiro atoms. The lowest BCUT2D eigenvalue weighted by Gasteiger charge is -2.42. The molecule has 3 fully saturated rings. The third kappa shape index (κ3) is 3.02. The number of carbonyl (C=O) groups excluding carboxylic acids is 1. The highest BCUT2D eigenvalue weighted by Crippen LogP contribution is 2.41. The summed E-state index contributed by atoms with van der Waals surface area (Å²) in [6.07, 6.45) is 6.64. The van der Waals surface area contributed by atoms with Gasteiger partial charge in [0.1, 0.15) is 12.5 Å². The molecule has 3 aromatic rings. The van der Waals surface area contributed by atoms with Gasteiger partial charge < -0.3 is 14.5 Å². The third-order valence-corrected chi connectivity index (χ3v) is 6.74. The van der Waals surface area contributed by atoms with Crippen LogP contribution in [0, 0.1) is 5.92 Å². The fourth-order valence-electron chi connectivity index (χ4n) is 5.09. The Bertz CT molecular complexity index is 1150. The molecule has 9 heteroatoms. The Balaban J connectivity index is 1.30. The van der Waals surface area contributed by atoms with Gasteiger partial charge in [-0.05, 0) is 31.4 Å². The smallest absolute Gasteiger partial charge is 0.229 e. The molecule has 0 radical (unpaired) electrons. The molecular formula is C22H23FN6O2. The first-order chi connectivity index (χ1) is 15.1. The molecule has 6 rings (SSSR count). The molecule has 3 aliphatic rings. The fraction of sp³-hybridized carbons (Fsp3) is 0.455. The van der Waals surface area contributed by atoms with Gasteiger partial charge in [-0.3, -0.25) is 4.79 Å². The average molecular weight is 422 g/mol. The van der Waals surface area contributed by atoms with Crippen molar-refractivity contribution >= 4 is 17.1 Å². The predicted molar refractivity (Wildman–Crippen MR) is 112 cm³/mol. The van der Waals surface area contributed by atoms with E-state index in [9.17, 15) is 9.18 Å². The lowest BCUT2D eigenvalue weighted by atomic mass is 10.1. The van der Waals surface area contributed by atoms with Gasteiger partial charge >= 0.3 is 0 Å². The second-order valence-corrected chi connectivity index (χ2v) is 8.61. The van der Waals surface area contributed by atoms with E-state index in [1.54, 1.807) is 19.4 Å². The van der Waals surface area contributed by atoms with Crippen molar-refractivity contribution in [3.8, 4) is 17.1 Å². The fourth-order valence-corrected chi connectivity index (χ4v) is 5.09. The number of hydrogen-bond acceptors (Lipinski definition) is 6. The van der Waals surface area contributed by atoms with E-state index in [4.69, 9.17) is 4.74 Å². The number of amides is 1. The summed E-state index contributed by atoms with van der Waals surface area (Å²) >= 11 is 0. The van der Waals surface area contributed by atoms with Gasteiger partial charge in [-0.2, -0.15) is 5.10 Å². The Morgan fingerprint density at radius 1 is 1.19 bits per heavy atom. The Morgan fingerprint density at radius 2 is 1.97 bits per heavy atom. The second-order valence-electron chi connectivity index (χ2n) is 8.61. The minimum absolute atomic E-state index is 0.0159. The van der Waals surface area contributed by atoms with Crippen molar-refractivity contribution < 1.29 is 13.9 Å². The lowest BCUT2D eigenvalue weighted by Crippen LogP contribution is -2.56. The quantitative estimate of drug-likeness (QED) is 0.643. The summed E-state index contributed by atoms with van der Waals surface area (Å²) in [5.74, 6) is 0.125. The number of halogens is 1. The van der Waals surface area contributed by atoms with E-state index in [0.717, 1.165) is 48.4 Å². The van der Waals surface area contributed by atoms with Crippen molar-refractivity contribution in [1.82, 2.24) is 24.5 Å². The molecule has 4 atom stereocenters. The molecule has 0 aromatic carbocycles. The van der Waals surface area contributed by atoms with Crippen molar-refractivity contribution in [3.63, 3.8) is 0 Å². The summed E-state index contributed by atoms with van der Waals surface area (Å²) < 4.78 is 20.6. The van der Waals surface area contributed by atoms with Crippen molar-refractivity contribution in [3.05, 3.63) is 36.9 Å². The maximum Gasteiger partial charge on any atom is 0.229 e. The Morgan fingerprint density at radius 3 is 2.68 bits per heavy atom. The Labute approximate surface area is 178 Å². The van der Waals surface area contributed by atoms with E-state index < -0.39 is 12.1 Å². The number of nitrogens with zero attached hydrogens (tertiary/aromatic N) is 6. The average Bonchev–Trinajstić information content (AvgIpc) is 3.25. The summed E-state index contributed by atoms with van der Waals surface area (Å²) in [6.45, 7) is 1.51. The van der Waals surface area contributed by atoms with Crippen molar-refractivity contribution in [2.24, 2.45) is 5.92 Å². The maximum atomic E-state index is 13.5. The van der Waals surface area contributed by atoms with Gasteiger partial charge in [-0.15, -0.1) is 0 Å². The van der Waals surface area contributed by atoms with Crippen LogP contribution in [0.15, 0.2) is 36.9 Å². The highest BCUT2D eigenvalue weighted by molar-refractivity contribution is 5.84. The van der Waals surface area contributed by atoms with Crippen LogP contribution in [0.5, 0.6) is 5.88 Å². The number of methoxy groups -OCH3 is 1. The monoisotopic (exact) mass is 422 g/mol. The van der Waals surface area contributed by atoms with Crippen LogP contribution in [0.25, 0.3) is 16.8 Å². The van der Waals surface area contributed by atoms with Crippen molar-refractivity contribution in [2.75, 3.05) is 25.1 Å². The van der Waals surface area contributed by atoms with Crippen LogP contribution in [-0.4, -0.2) is 68.8 Å². The molecule has 5 heterocycles. The van der Waals surface area contributed by atoms with Crippen LogP contribution >= 0.6 is 0 Å². The highest BCUT2D eigenvalue weighted by Gasteiger charge is 2.51. The van der Waals surface area contributed by atoms with Crippen LogP contribution in [0.4, 0.5) is 10.1 Å². The molecule has 2 aliphatic heterocycles. The zero-order chi connectivity index (χ0) is 21.1. The third-order valence-electron chi connectivity index (χ3n) is 6.74. The highest BCUT2D eigenvalue weighted by atomic mass is 19.1. The second kappa shape index (κ2) is 6.90. The van der Waals surface area contributed by atoms with Gasteiger partial charge in [0, 0.05) is 49.2 Å². The number of rotatable bonds is 4. The van der Waals surface area contributed by atoms with Gasteiger partial charge in [-0.25, -0.2) is 18.9 Å². The number of alkyl halides is 1. The summed E-state index contributed by atoms with van der Waals surface area (Å²) in [5.41, 5.74) is 3.77. The molecular weight excluding hydrogens is 399 g/mol. The molecule has 0 N–H and O–H groups in total. The number of hydrogen-bond donors (Lipinski definition) is 0. The van der Waals surface area contributed by atoms with E-state index in [-0.39, 0.29) is 18.0 Å². The van der Waals surface area contributed by atoms with Crippen LogP contribution in [-0.2, 0) is 4.79 Å². The number of aromatic nitrogens is 4. The molecule has 2 unspecified atom stereocenters. The van der Waals surface area contributed by atoms with Crippen LogP contribution in [0.3, 0.4) is 0 Å². The zero-order valence-corrected chi connectivity index (χ0v) is 17.2. The largest absolute Gasteiger partial charge is 0.481 e. The van der Waals surface area contributed by atoms with Crippen LogP contribution < -0.4 is 9.64 Å². The van der Waals surface area contributed by atoms with E-state index >= 15 is 0 Å². The molecule has 1 aliphatic carbocycles. The molecule has 3 aromatic heterocycles. The minimum atomic E-state index is -0.940. The summed E-state index contributed by atoms with van der Waals surface area (Å²) in [4.78, 5) is 25.5. The molecule has 1 saturated carbocycles. The predicted octanol–water partition coefficient (Wildman–Crippen LogP) is 2.34. The van der Waals surface area contributed by atoms with Gasteiger partial charge in [0.2, 0.25) is 11.8 Å². The Kier molecular flexibility index (Phi) is 4.12. The molecule has 160 valence electrons. The maximum absolute atomic E-state index is 13.5. The first kappa shape index (κ1) is 18.5. The first-order valence-corrected chi connectivity index (χ1v) is 10.7. The summed E-state index contributed by atoms with van der Waals surface area (Å²) in [6, 6.07) is 6.19. The van der Waals surface area contributed by atoms with E-state index in [1.807, 2.05) is 21.7 Å². The molecule has 2 bridgehead atoms. The van der Waals surface area contributed by atoms with Gasteiger partial charge in [-0.1, -0.05) is 0 Å². The van der Waals surface area contributed by atoms with E-state index in [0.29, 0.717) is 12.3 Å². The molecule has 31 heavy (non-hydrogen) atoms. The molecule has 1 amide bonds. The number of carbonyl (C=O) groups is 1. The SMILES string of the molecule is COc1cc(-c2cc3c(N4CC5CCC(C4)N5C(=O)[C@@H]4C[C@H]4F)ccnn3c2)ncn1. The minimum Gasteiger partial charge on any atom is -0.481 e. The van der Waals surface area contributed by atoms with E-state index in [2.05, 4.69) is 26.0 Å². The number of fused-ring (bicyclic) bond motifs is 3. The summed E-state index contributed by atoms with van der Waals surface area (Å²) in [5, 5.41) is 4.47. The van der Waals surface area contributed by atoms with Crippen LogP contribution in [0.2, 0.25) is 0 Å². The van der Waals surface area contributed by atoms with E-state index in [1.165, 1.54) is 6.33 Å². The van der Waals surface area contributed by atoms with Crippen molar-refractivity contribution in [1.29, 1.82) is 0 Å². The molecule has 8 nitrogen and oxygen atoms in total. The number of ether oxygens (including phenoxy) is 1. The Hall–Kier alpha value is -3.23. The van der Waals surface area contributed by atoms with Gasteiger partial charge in [0.05, 0.1) is 29.9 Å². The number of anilines is 1. The van der Waals surface area contributed by atoms with Gasteiger partial charge in [0.15, 0.2) is 0 Å². The normalized spacial score (nSPS) is 27.0. The standard InChI is InChI=1S/C22H23FN6O2/c1-31-21-8-18(24-12-25-21)13-6-20-19(4-5-26-28(20)9-13)27-10-14-2-3-15(11-27)29(14)22(30)16-7-17(16)23/h4-6,8-9,12,14-17H,2-3,7,10-11H2,1H3/t14?,15?,16-,17-/m1/s1. The first-order valence-electron chi connectivity index (χ1n) is 10.7. The van der Waals surface area contributed by atoms with Crippen LogP contribution in [0.1, 0.15) is 19.3 Å². The topological polar surface area (TPSA) is 75.9 Å². The lowest BCUT2D eigenvalue weighted by molar-refractivity contribution is -0.136. The summed E-state index contributed by atoms with van der Waals surface area (Å²) in [7, 11) is 1.58. The molecule has 2 saturated heterocycles.